The van der Waals surface area contributed by atoms with Crippen molar-refractivity contribution in [2.75, 3.05) is 47.1 Å². The number of hydrogen-bond donors (Lipinski definition) is 1. The third kappa shape index (κ3) is 7.12. The van der Waals surface area contributed by atoms with Crippen LogP contribution in [0.25, 0.3) is 10.9 Å². The van der Waals surface area contributed by atoms with Crippen LogP contribution in [0.3, 0.4) is 0 Å². The van der Waals surface area contributed by atoms with Crippen LogP contribution in [0.2, 0.25) is 0 Å². The number of hydrogen-bond acceptors (Lipinski definition) is 13. The van der Waals surface area contributed by atoms with Gasteiger partial charge in [-0.15, -0.1) is 0 Å². The lowest BCUT2D eigenvalue weighted by Crippen LogP contribution is -2.37. The van der Waals surface area contributed by atoms with Gasteiger partial charge < -0.3 is 29.0 Å². The maximum atomic E-state index is 13.2. The van der Waals surface area contributed by atoms with Crippen LogP contribution in [0, 0.1) is 6.92 Å². The second-order valence-electron chi connectivity index (χ2n) is 11.4. The first-order valence-electron chi connectivity index (χ1n) is 15.1. The number of morpholine rings is 1. The van der Waals surface area contributed by atoms with Gasteiger partial charge in [0.15, 0.2) is 0 Å². The van der Waals surface area contributed by atoms with Crippen LogP contribution in [-0.4, -0.2) is 88.7 Å². The van der Waals surface area contributed by atoms with Crippen molar-refractivity contribution in [1.29, 1.82) is 0 Å². The highest BCUT2D eigenvalue weighted by Crippen LogP contribution is 2.34. The molecule has 6 rings (SSSR count). The molecule has 5 heterocycles. The summed E-state index contributed by atoms with van der Waals surface area (Å²) >= 11 is 0. The van der Waals surface area contributed by atoms with Crippen molar-refractivity contribution in [3.8, 4) is 5.88 Å². The Hall–Kier alpha value is -4.57. The zero-order chi connectivity index (χ0) is 32.3. The number of pyridine rings is 2. The Morgan fingerprint density at radius 3 is 2.48 bits per heavy atom. The number of nitrogens with one attached hydrogen (secondary N) is 1. The van der Waals surface area contributed by atoms with E-state index < -0.39 is 16.1 Å². The Kier molecular flexibility index (Phi) is 9.17. The number of carbonyl (C=O) groups is 1. The maximum absolute atomic E-state index is 13.2. The molecule has 16 heteroatoms. The van der Waals surface area contributed by atoms with E-state index in [1.54, 1.807) is 42.3 Å². The van der Waals surface area contributed by atoms with E-state index in [2.05, 4.69) is 30.2 Å². The lowest BCUT2D eigenvalue weighted by Gasteiger charge is -2.31. The predicted molar refractivity (Wildman–Crippen MR) is 170 cm³/mol. The molecule has 0 bridgehead atoms. The SMILES string of the molecule is Cc1ncc(COC(=O)N(c2cnc3cc(N4CCOCC4)nc(O[C@H]4CC[C@@H](Nc5ncccn5)CC4)c3c2)S(C)(=O)=O)n1C. The second-order valence-corrected chi connectivity index (χ2v) is 13.2. The fourth-order valence-corrected chi connectivity index (χ4v) is 6.38. The van der Waals surface area contributed by atoms with Gasteiger partial charge in [0.1, 0.15) is 24.4 Å². The van der Waals surface area contributed by atoms with Gasteiger partial charge in [-0.1, -0.05) is 0 Å². The molecule has 0 unspecified atom stereocenters. The highest BCUT2D eigenvalue weighted by Gasteiger charge is 2.30. The smallest absolute Gasteiger partial charge is 0.428 e. The molecule has 1 aliphatic heterocycles. The highest BCUT2D eigenvalue weighted by molar-refractivity contribution is 7.92. The Morgan fingerprint density at radius 2 is 1.80 bits per heavy atom. The zero-order valence-corrected chi connectivity index (χ0v) is 26.8. The average molecular weight is 652 g/mol. The molecule has 2 aliphatic rings. The van der Waals surface area contributed by atoms with E-state index in [1.807, 2.05) is 13.0 Å². The summed E-state index contributed by atoms with van der Waals surface area (Å²) in [7, 11) is -2.31. The number of nitrogens with zero attached hydrogens (tertiary/aromatic N) is 8. The summed E-state index contributed by atoms with van der Waals surface area (Å²) in [6, 6.07) is 5.39. The van der Waals surface area contributed by atoms with E-state index in [1.165, 1.54) is 6.20 Å². The van der Waals surface area contributed by atoms with Gasteiger partial charge in [0.25, 0.3) is 0 Å². The molecule has 1 amide bonds. The first-order valence-corrected chi connectivity index (χ1v) is 17.0. The van der Waals surface area contributed by atoms with Crippen molar-refractivity contribution in [2.45, 2.75) is 51.4 Å². The average Bonchev–Trinajstić information content (AvgIpc) is 3.37. The molecule has 0 aromatic carbocycles. The van der Waals surface area contributed by atoms with Crippen LogP contribution in [0.5, 0.6) is 5.88 Å². The summed E-state index contributed by atoms with van der Waals surface area (Å²) in [6.07, 6.45) is 9.29. The van der Waals surface area contributed by atoms with Gasteiger partial charge in [-0.05, 0) is 44.7 Å². The molecule has 4 aromatic heterocycles. The van der Waals surface area contributed by atoms with Crippen LogP contribution >= 0.6 is 0 Å². The summed E-state index contributed by atoms with van der Waals surface area (Å²) in [4.78, 5) is 37.5. The maximum Gasteiger partial charge on any atom is 0.428 e. The monoisotopic (exact) mass is 651 g/mol. The summed E-state index contributed by atoms with van der Waals surface area (Å²) in [5, 5.41) is 3.87. The van der Waals surface area contributed by atoms with Gasteiger partial charge in [0, 0.05) is 44.6 Å². The second kappa shape index (κ2) is 13.4. The third-order valence-electron chi connectivity index (χ3n) is 8.20. The molecular formula is C30H37N9O6S. The number of rotatable bonds is 9. The molecule has 15 nitrogen and oxygen atoms in total. The van der Waals surface area contributed by atoms with Crippen molar-refractivity contribution in [3.05, 3.63) is 54.5 Å². The van der Waals surface area contributed by atoms with E-state index in [-0.39, 0.29) is 24.4 Å². The van der Waals surface area contributed by atoms with Gasteiger partial charge in [0.2, 0.25) is 21.9 Å². The Labute approximate surface area is 267 Å². The highest BCUT2D eigenvalue weighted by atomic mass is 32.2. The fourth-order valence-electron chi connectivity index (χ4n) is 5.57. The van der Waals surface area contributed by atoms with Crippen LogP contribution in [0.15, 0.2) is 43.0 Å². The Balaban J connectivity index is 1.27. The molecule has 0 radical (unpaired) electrons. The van der Waals surface area contributed by atoms with Crippen molar-refractivity contribution in [1.82, 2.24) is 29.5 Å². The molecule has 1 N–H and O–H groups in total. The van der Waals surface area contributed by atoms with Gasteiger partial charge in [-0.2, -0.15) is 9.29 Å². The Bertz CT molecular complexity index is 1790. The van der Waals surface area contributed by atoms with E-state index in [4.69, 9.17) is 19.2 Å². The van der Waals surface area contributed by atoms with Crippen molar-refractivity contribution >= 4 is 44.5 Å². The minimum atomic E-state index is -4.10. The van der Waals surface area contributed by atoms with Gasteiger partial charge in [0.05, 0.1) is 54.1 Å². The van der Waals surface area contributed by atoms with E-state index >= 15 is 0 Å². The molecule has 4 aromatic rings. The summed E-state index contributed by atoms with van der Waals surface area (Å²) in [6.45, 7) is 4.14. The molecule has 0 spiro atoms. The first-order chi connectivity index (χ1) is 22.2. The number of sulfonamides is 1. The molecule has 244 valence electrons. The van der Waals surface area contributed by atoms with Crippen molar-refractivity contribution in [3.63, 3.8) is 0 Å². The van der Waals surface area contributed by atoms with E-state index in [9.17, 15) is 13.2 Å². The normalized spacial score (nSPS) is 18.7. The molecular weight excluding hydrogens is 614 g/mol. The Morgan fingerprint density at radius 1 is 1.07 bits per heavy atom. The molecule has 2 fully saturated rings. The van der Waals surface area contributed by atoms with Gasteiger partial charge in [-0.25, -0.2) is 28.2 Å². The van der Waals surface area contributed by atoms with Crippen LogP contribution in [0.1, 0.15) is 37.2 Å². The minimum Gasteiger partial charge on any atom is -0.474 e. The van der Waals surface area contributed by atoms with E-state index in [0.717, 1.165) is 37.8 Å². The molecule has 1 saturated carbocycles. The van der Waals surface area contributed by atoms with Crippen LogP contribution < -0.4 is 19.3 Å². The summed E-state index contributed by atoms with van der Waals surface area (Å²) < 4.78 is 45.7. The topological polar surface area (TPSA) is 167 Å². The largest absolute Gasteiger partial charge is 0.474 e. The number of ether oxygens (including phenoxy) is 3. The van der Waals surface area contributed by atoms with Gasteiger partial charge in [-0.3, -0.25) is 4.98 Å². The van der Waals surface area contributed by atoms with Crippen molar-refractivity contribution < 1.29 is 27.4 Å². The summed E-state index contributed by atoms with van der Waals surface area (Å²) in [5.74, 6) is 2.34. The van der Waals surface area contributed by atoms with Gasteiger partial charge >= 0.3 is 6.09 Å². The molecule has 1 saturated heterocycles. The molecule has 1 aliphatic carbocycles. The number of aromatic nitrogens is 6. The van der Waals surface area contributed by atoms with Crippen LogP contribution in [-0.2, 0) is 33.2 Å². The zero-order valence-electron chi connectivity index (χ0n) is 26.0. The number of aryl methyl sites for hydroxylation is 1. The quantitative estimate of drug-likeness (QED) is 0.281. The predicted octanol–water partition coefficient (Wildman–Crippen LogP) is 3.20. The molecule has 0 atom stereocenters. The minimum absolute atomic E-state index is 0.0164. The fraction of sp³-hybridized carbons (Fsp3) is 0.467. The molecule has 46 heavy (non-hydrogen) atoms. The summed E-state index contributed by atoms with van der Waals surface area (Å²) in [5.41, 5.74) is 1.19. The number of amides is 1. The standard InChI is InChI=1S/C30H37N9O6S/c1-20-33-18-23(37(20)2)19-44-30(40)39(46(3,41)42)22-15-25-26(34-17-22)16-27(38-11-13-43-14-12-38)36-28(25)45-24-7-5-21(6-8-24)35-29-31-9-4-10-32-29/h4,9-10,15-18,21,24H,5-8,11-14,19H2,1-3H3,(H,31,32,35)/t21-,24+. The number of fused-ring (bicyclic) bond motifs is 1. The number of imidazole rings is 1. The lowest BCUT2D eigenvalue weighted by molar-refractivity contribution is 0.122. The van der Waals surface area contributed by atoms with E-state index in [0.29, 0.717) is 64.9 Å². The van der Waals surface area contributed by atoms with Crippen LogP contribution in [0.4, 0.5) is 22.2 Å². The first kappa shape index (κ1) is 31.4. The number of anilines is 3. The number of carbonyl (C=O) groups excluding carboxylic acids is 1. The van der Waals surface area contributed by atoms with Crippen molar-refractivity contribution in [2.24, 2.45) is 7.05 Å². The lowest BCUT2D eigenvalue weighted by atomic mass is 9.93. The third-order valence-corrected chi connectivity index (χ3v) is 9.22.